The molecule has 0 saturated carbocycles. The van der Waals surface area contributed by atoms with Gasteiger partial charge < -0.3 is 37.2 Å². The molecule has 0 saturated heterocycles. The first kappa shape index (κ1) is 30.4. The van der Waals surface area contributed by atoms with Gasteiger partial charge in [0.15, 0.2) is 0 Å². The number of allylic oxidation sites excluding steroid dienone is 1. The van der Waals surface area contributed by atoms with Gasteiger partial charge in [0.25, 0.3) is 0 Å². The summed E-state index contributed by atoms with van der Waals surface area (Å²) in [7, 11) is 0. The van der Waals surface area contributed by atoms with Crippen LogP contribution in [0.15, 0.2) is 103 Å². The van der Waals surface area contributed by atoms with Crippen molar-refractivity contribution in [3.05, 3.63) is 147 Å². The number of benzene rings is 4. The number of fused-ring (bicyclic) bond motifs is 1. The molecule has 0 fully saturated rings. The molecule has 0 nitrogen and oxygen atoms in total. The van der Waals surface area contributed by atoms with E-state index in [2.05, 4.69) is 145 Å². The van der Waals surface area contributed by atoms with Crippen molar-refractivity contribution in [1.29, 1.82) is 0 Å². The molecule has 0 amide bonds. The number of halogens is 3. The van der Waals surface area contributed by atoms with Gasteiger partial charge in [-0.3, -0.25) is 0 Å². The molecule has 0 bridgehead atoms. The van der Waals surface area contributed by atoms with Crippen molar-refractivity contribution >= 4 is 3.88 Å². The second kappa shape index (κ2) is 12.2. The number of aryl methyl sites for hydroxylation is 3. The Morgan fingerprint density at radius 2 is 0.972 bits per heavy atom. The summed E-state index contributed by atoms with van der Waals surface area (Å²) in [5, 5.41) is 0. The normalized spacial score (nSPS) is 14.3. The van der Waals surface area contributed by atoms with Crippen molar-refractivity contribution in [1.82, 2.24) is 0 Å². The molecule has 4 aromatic rings. The van der Waals surface area contributed by atoms with E-state index in [0.29, 0.717) is 0 Å². The number of rotatable bonds is 4. The summed E-state index contributed by atoms with van der Waals surface area (Å²) < 4.78 is 1.41. The molecular weight excluding hydrogens is 539 g/mol. The van der Waals surface area contributed by atoms with Gasteiger partial charge in [-0.05, 0) is 0 Å². The van der Waals surface area contributed by atoms with Crippen LogP contribution in [-0.2, 0) is 25.9 Å². The Hall–Kier alpha value is -1.80. The third kappa shape index (κ3) is 5.00. The molecule has 1 unspecified atom stereocenters. The summed E-state index contributed by atoms with van der Waals surface area (Å²) >= 11 is 2.29. The number of hydrogen-bond acceptors (Lipinski definition) is 0. The molecule has 0 aromatic heterocycles. The van der Waals surface area contributed by atoms with Crippen LogP contribution in [0.3, 0.4) is 0 Å². The zero-order valence-corrected chi connectivity index (χ0v) is 24.8. The Morgan fingerprint density at radius 3 is 1.39 bits per heavy atom. The molecule has 36 heavy (non-hydrogen) atoms. The summed E-state index contributed by atoms with van der Waals surface area (Å²) in [5.74, 6) is 0.221. The summed E-state index contributed by atoms with van der Waals surface area (Å²) in [6, 6.07) is 36.5. The van der Waals surface area contributed by atoms with Crippen molar-refractivity contribution in [3.8, 4) is 0 Å². The average molecular weight is 568 g/mol. The predicted molar refractivity (Wildman–Crippen MR) is 135 cm³/mol. The van der Waals surface area contributed by atoms with Crippen molar-refractivity contribution in [2.24, 2.45) is 0 Å². The fraction of sp³-hybridized carbons (Fsp3) is 0.188. The molecule has 4 heteroatoms. The monoisotopic (exact) mass is 566 g/mol. The molecule has 0 radical (unpaired) electrons. The topological polar surface area (TPSA) is 0 Å². The minimum absolute atomic E-state index is 0. The molecule has 0 N–H and O–H groups in total. The smallest absolute Gasteiger partial charge is 1.00 e. The first-order chi connectivity index (χ1) is 15.9. The molecular formula is C32H29Cl3Ti. The Morgan fingerprint density at radius 1 is 0.556 bits per heavy atom. The summed E-state index contributed by atoms with van der Waals surface area (Å²) in [5.41, 5.74) is 11.9. The predicted octanol–water partition coefficient (Wildman–Crippen LogP) is -0.967. The van der Waals surface area contributed by atoms with Crippen LogP contribution in [0.5, 0.6) is 0 Å². The van der Waals surface area contributed by atoms with Gasteiger partial charge in [0.05, 0.1) is 0 Å². The van der Waals surface area contributed by atoms with Gasteiger partial charge in [0, 0.05) is 0 Å². The average Bonchev–Trinajstić information content (AvgIpc) is 3.06. The molecule has 1 atom stereocenters. The maximum Gasteiger partial charge on any atom is -1.00 e. The van der Waals surface area contributed by atoms with Gasteiger partial charge in [0.2, 0.25) is 0 Å². The van der Waals surface area contributed by atoms with Crippen molar-refractivity contribution in [2.75, 3.05) is 0 Å². The molecule has 4 aromatic carbocycles. The molecule has 0 heterocycles. The van der Waals surface area contributed by atoms with Gasteiger partial charge in [-0.1, -0.05) is 0 Å². The van der Waals surface area contributed by atoms with Crippen LogP contribution in [0, 0.1) is 20.8 Å². The van der Waals surface area contributed by atoms with E-state index in [4.69, 9.17) is 0 Å². The first-order valence-electron chi connectivity index (χ1n) is 11.7. The third-order valence-corrected chi connectivity index (χ3v) is 8.26. The van der Waals surface area contributed by atoms with E-state index in [1.165, 1.54) is 54.0 Å². The Kier molecular flexibility index (Phi) is 10.3. The van der Waals surface area contributed by atoms with Crippen LogP contribution >= 0.6 is 0 Å². The minimum atomic E-state index is -0.331. The first-order valence-corrected chi connectivity index (χ1v) is 12.4. The molecule has 0 aliphatic heterocycles. The van der Waals surface area contributed by atoms with E-state index >= 15 is 0 Å². The van der Waals surface area contributed by atoms with E-state index in [-0.39, 0.29) is 48.6 Å². The van der Waals surface area contributed by atoms with Gasteiger partial charge in [-0.25, -0.2) is 0 Å². The van der Waals surface area contributed by atoms with Gasteiger partial charge >= 0.3 is 210 Å². The van der Waals surface area contributed by atoms with E-state index in [1.54, 1.807) is 0 Å². The summed E-state index contributed by atoms with van der Waals surface area (Å²) in [4.78, 5) is 0. The second-order valence-electron chi connectivity index (χ2n) is 9.49. The van der Waals surface area contributed by atoms with Crippen molar-refractivity contribution < 1.29 is 57.7 Å². The van der Waals surface area contributed by atoms with Crippen LogP contribution in [0.2, 0.25) is 0 Å². The van der Waals surface area contributed by atoms with Crippen LogP contribution in [0.1, 0.15) is 57.3 Å². The van der Waals surface area contributed by atoms with Gasteiger partial charge in [-0.2, -0.15) is 0 Å². The van der Waals surface area contributed by atoms with Gasteiger partial charge in [-0.15, -0.1) is 0 Å². The van der Waals surface area contributed by atoms with Crippen molar-refractivity contribution in [2.45, 2.75) is 39.0 Å². The SMILES string of the molecule is CC1=[C]([Ti+3])c2ccccc2C1C(c1cccc(C)c1)(c1cccc(C)c1)c1cccc(C)c1.[Cl-].[Cl-].[Cl-]. The van der Waals surface area contributed by atoms with Crippen molar-refractivity contribution in [3.63, 3.8) is 0 Å². The van der Waals surface area contributed by atoms with E-state index in [9.17, 15) is 0 Å². The van der Waals surface area contributed by atoms with Gasteiger partial charge in [0.1, 0.15) is 0 Å². The van der Waals surface area contributed by atoms with E-state index < -0.39 is 0 Å². The van der Waals surface area contributed by atoms with Crippen LogP contribution in [-0.4, -0.2) is 0 Å². The Bertz CT molecular complexity index is 1280. The fourth-order valence-corrected chi connectivity index (χ4v) is 6.38. The molecule has 182 valence electrons. The molecule has 0 spiro atoms. The zero-order chi connectivity index (χ0) is 23.2. The van der Waals surface area contributed by atoms with Crippen LogP contribution in [0.25, 0.3) is 3.88 Å². The van der Waals surface area contributed by atoms with Crippen LogP contribution in [0.4, 0.5) is 0 Å². The quantitative estimate of drug-likeness (QED) is 0.220. The maximum absolute atomic E-state index is 2.40. The molecule has 1 aliphatic rings. The largest absolute Gasteiger partial charge is 1.00 e. The zero-order valence-electron chi connectivity index (χ0n) is 20.9. The maximum atomic E-state index is 2.40. The minimum Gasteiger partial charge on any atom is -1.00 e. The molecule has 5 rings (SSSR count). The Labute approximate surface area is 246 Å². The van der Waals surface area contributed by atoms with E-state index in [1.807, 2.05) is 0 Å². The standard InChI is InChI=1S/C32H29.3ClH.Ti/c1-22-10-7-14-27(18-22)32(28-15-8-11-23(2)19-28,29-16-9-12-24(3)20-29)31-25(4)21-26-13-5-6-17-30(26)31;;;;/h5-20,31H,1-4H3;3*1H;/q;;;;+3/p-3. The second-order valence-corrected chi connectivity index (χ2v) is 10.3. The van der Waals surface area contributed by atoms with Crippen LogP contribution < -0.4 is 37.2 Å². The summed E-state index contributed by atoms with van der Waals surface area (Å²) in [6.45, 7) is 8.96. The van der Waals surface area contributed by atoms with E-state index in [0.717, 1.165) is 0 Å². The molecule has 1 aliphatic carbocycles. The number of hydrogen-bond donors (Lipinski definition) is 0. The fourth-order valence-electron chi connectivity index (χ4n) is 5.80. The Balaban J connectivity index is 0.00000152. The third-order valence-electron chi connectivity index (χ3n) is 7.22. The summed E-state index contributed by atoms with van der Waals surface area (Å²) in [6.07, 6.45) is 0.